The van der Waals surface area contributed by atoms with Gasteiger partial charge in [-0.25, -0.2) is 0 Å². The fraction of sp³-hybridized carbons (Fsp3) is 0.458. The second-order valence-corrected chi connectivity index (χ2v) is 7.58. The van der Waals surface area contributed by atoms with E-state index in [1.54, 1.807) is 0 Å². The van der Waals surface area contributed by atoms with Gasteiger partial charge in [-0.2, -0.15) is 0 Å². The summed E-state index contributed by atoms with van der Waals surface area (Å²) in [6.07, 6.45) is 2.23. The number of hydrogen-bond acceptors (Lipinski definition) is 3. The first-order valence-electron chi connectivity index (χ1n) is 10.8. The molecule has 0 bridgehead atoms. The van der Waals surface area contributed by atoms with E-state index in [-0.39, 0.29) is 12.5 Å². The molecule has 1 unspecified atom stereocenters. The van der Waals surface area contributed by atoms with Crippen LogP contribution in [0.5, 0.6) is 0 Å². The zero-order chi connectivity index (χ0) is 20.3. The highest BCUT2D eigenvalue weighted by Gasteiger charge is 2.15. The Morgan fingerprint density at radius 1 is 1.07 bits per heavy atom. The predicted molar refractivity (Wildman–Crippen MR) is 120 cm³/mol. The van der Waals surface area contributed by atoms with Gasteiger partial charge < -0.3 is 15.7 Å². The quantitative estimate of drug-likeness (QED) is 0.348. The zero-order valence-electron chi connectivity index (χ0n) is 17.5. The lowest BCUT2D eigenvalue weighted by atomic mass is 10.00. The fourth-order valence-corrected chi connectivity index (χ4v) is 3.79. The van der Waals surface area contributed by atoms with Crippen molar-refractivity contribution in [3.63, 3.8) is 0 Å². The fourth-order valence-electron chi connectivity index (χ4n) is 3.79. The second-order valence-electron chi connectivity index (χ2n) is 7.58. The van der Waals surface area contributed by atoms with Crippen molar-refractivity contribution in [2.24, 2.45) is 4.99 Å². The van der Waals surface area contributed by atoms with Crippen molar-refractivity contribution in [2.75, 3.05) is 39.3 Å². The number of fused-ring (bicyclic) bond motifs is 1. The van der Waals surface area contributed by atoms with E-state index in [1.807, 2.05) is 30.3 Å². The molecule has 0 spiro atoms. The van der Waals surface area contributed by atoms with Crippen LogP contribution in [0.15, 0.2) is 59.6 Å². The highest BCUT2D eigenvalue weighted by Crippen LogP contribution is 2.18. The molecule has 0 aliphatic carbocycles. The van der Waals surface area contributed by atoms with E-state index >= 15 is 0 Å². The summed E-state index contributed by atoms with van der Waals surface area (Å²) in [5.74, 6) is 0.853. The normalized spacial score (nSPS) is 15.6. The van der Waals surface area contributed by atoms with Crippen molar-refractivity contribution < 1.29 is 5.11 Å². The first-order valence-corrected chi connectivity index (χ1v) is 10.8. The molecule has 5 heteroatoms. The maximum Gasteiger partial charge on any atom is 0.191 e. The Balaban J connectivity index is 1.44. The Bertz CT molecular complexity index is 762. The molecule has 0 aromatic heterocycles. The minimum Gasteiger partial charge on any atom is -0.396 e. The average molecular weight is 395 g/mol. The summed E-state index contributed by atoms with van der Waals surface area (Å²) in [5, 5.41) is 16.5. The van der Waals surface area contributed by atoms with E-state index < -0.39 is 0 Å². The average Bonchev–Trinajstić information content (AvgIpc) is 2.77. The number of benzene rings is 2. The smallest absolute Gasteiger partial charge is 0.191 e. The topological polar surface area (TPSA) is 59.9 Å². The molecule has 2 aromatic carbocycles. The Morgan fingerprint density at radius 3 is 2.59 bits per heavy atom. The Hall–Kier alpha value is -2.37. The van der Waals surface area contributed by atoms with Crippen LogP contribution in [0, 0.1) is 0 Å². The van der Waals surface area contributed by atoms with Crippen LogP contribution in [0.2, 0.25) is 0 Å². The molecule has 0 saturated carbocycles. The maximum atomic E-state index is 9.73. The minimum atomic E-state index is 0.0278. The van der Waals surface area contributed by atoms with E-state index in [4.69, 9.17) is 4.99 Å². The van der Waals surface area contributed by atoms with Gasteiger partial charge in [-0.1, -0.05) is 54.6 Å². The van der Waals surface area contributed by atoms with Gasteiger partial charge in [0.15, 0.2) is 5.96 Å². The number of rotatable bonds is 9. The molecule has 0 fully saturated rings. The molecule has 5 nitrogen and oxygen atoms in total. The van der Waals surface area contributed by atoms with Gasteiger partial charge >= 0.3 is 0 Å². The van der Waals surface area contributed by atoms with Gasteiger partial charge in [0.2, 0.25) is 0 Å². The first kappa shape index (κ1) is 21.3. The molecular weight excluding hydrogens is 360 g/mol. The van der Waals surface area contributed by atoms with E-state index in [2.05, 4.69) is 46.7 Å². The summed E-state index contributed by atoms with van der Waals surface area (Å²) in [6.45, 7) is 7.73. The van der Waals surface area contributed by atoms with Crippen LogP contribution in [0.4, 0.5) is 0 Å². The monoisotopic (exact) mass is 394 g/mol. The van der Waals surface area contributed by atoms with Gasteiger partial charge in [-0.3, -0.25) is 9.89 Å². The van der Waals surface area contributed by atoms with Crippen LogP contribution in [-0.4, -0.2) is 55.3 Å². The number of nitrogens with one attached hydrogen (secondary N) is 2. The number of aliphatic hydroxyl groups is 1. The molecular formula is C24H34N4O. The summed E-state index contributed by atoms with van der Waals surface area (Å²) in [5.41, 5.74) is 4.10. The molecule has 1 heterocycles. The van der Waals surface area contributed by atoms with Crippen molar-refractivity contribution >= 4 is 5.96 Å². The third kappa shape index (κ3) is 6.58. The zero-order valence-corrected chi connectivity index (χ0v) is 17.5. The minimum absolute atomic E-state index is 0.0278. The van der Waals surface area contributed by atoms with Crippen molar-refractivity contribution in [3.8, 4) is 0 Å². The van der Waals surface area contributed by atoms with E-state index in [0.29, 0.717) is 6.54 Å². The molecule has 3 N–H and O–H groups in total. The third-order valence-electron chi connectivity index (χ3n) is 5.46. The lowest BCUT2D eigenvalue weighted by Crippen LogP contribution is -2.39. The van der Waals surface area contributed by atoms with Crippen molar-refractivity contribution in [3.05, 3.63) is 71.3 Å². The maximum absolute atomic E-state index is 9.73. The molecule has 1 aliphatic rings. The molecule has 0 amide bonds. The van der Waals surface area contributed by atoms with Gasteiger partial charge in [-0.05, 0) is 36.5 Å². The van der Waals surface area contributed by atoms with Crippen molar-refractivity contribution in [1.29, 1.82) is 0 Å². The number of guanidine groups is 1. The largest absolute Gasteiger partial charge is 0.396 e. The van der Waals surface area contributed by atoms with Crippen LogP contribution in [0.3, 0.4) is 0 Å². The van der Waals surface area contributed by atoms with Crippen LogP contribution < -0.4 is 10.6 Å². The number of hydrogen-bond donors (Lipinski definition) is 3. The summed E-state index contributed by atoms with van der Waals surface area (Å²) >= 11 is 0. The number of nitrogens with zero attached hydrogens (tertiary/aromatic N) is 2. The summed E-state index contributed by atoms with van der Waals surface area (Å²) in [7, 11) is 0. The summed E-state index contributed by atoms with van der Waals surface area (Å²) < 4.78 is 0. The van der Waals surface area contributed by atoms with Crippen LogP contribution in [0.25, 0.3) is 0 Å². The van der Waals surface area contributed by atoms with Crippen LogP contribution in [0.1, 0.15) is 36.0 Å². The molecule has 29 heavy (non-hydrogen) atoms. The Kier molecular flexibility index (Phi) is 8.53. The van der Waals surface area contributed by atoms with Gasteiger partial charge in [0.05, 0.1) is 13.2 Å². The number of aliphatic imine (C=N–C) groups is 1. The van der Waals surface area contributed by atoms with Gasteiger partial charge in [0.25, 0.3) is 0 Å². The molecule has 156 valence electrons. The number of aliphatic hydroxyl groups excluding tert-OH is 1. The van der Waals surface area contributed by atoms with Crippen molar-refractivity contribution in [2.45, 2.75) is 32.2 Å². The van der Waals surface area contributed by atoms with Crippen LogP contribution >= 0.6 is 0 Å². The molecule has 2 aromatic rings. The Labute approximate surface area is 174 Å². The molecule has 0 radical (unpaired) electrons. The van der Waals surface area contributed by atoms with Crippen LogP contribution in [-0.2, 0) is 13.0 Å². The lowest BCUT2D eigenvalue weighted by Gasteiger charge is -2.28. The molecule has 1 aliphatic heterocycles. The van der Waals surface area contributed by atoms with E-state index in [0.717, 1.165) is 57.1 Å². The molecule has 0 saturated heterocycles. The van der Waals surface area contributed by atoms with E-state index in [9.17, 15) is 5.11 Å². The lowest BCUT2D eigenvalue weighted by molar-refractivity contribution is 0.251. The summed E-state index contributed by atoms with van der Waals surface area (Å²) in [6, 6.07) is 18.9. The Morgan fingerprint density at radius 2 is 1.83 bits per heavy atom. The van der Waals surface area contributed by atoms with Gasteiger partial charge in [0.1, 0.15) is 0 Å². The standard InChI is InChI=1S/C24H34N4O/c1-2-25-24(27-17-23(19-29)20-9-4-3-5-10-20)26-14-8-15-28-16-13-21-11-6-7-12-22(21)18-28/h3-7,9-12,23,29H,2,8,13-19H2,1H3,(H2,25,26,27). The second kappa shape index (κ2) is 11.6. The van der Waals surface area contributed by atoms with Crippen molar-refractivity contribution in [1.82, 2.24) is 15.5 Å². The van der Waals surface area contributed by atoms with E-state index in [1.165, 1.54) is 11.1 Å². The first-order chi connectivity index (χ1) is 14.3. The highest BCUT2D eigenvalue weighted by molar-refractivity contribution is 5.79. The third-order valence-corrected chi connectivity index (χ3v) is 5.46. The SMILES string of the molecule is CCNC(=NCC(CO)c1ccccc1)NCCCN1CCc2ccccc2C1. The predicted octanol–water partition coefficient (Wildman–Crippen LogP) is 2.77. The van der Waals surface area contributed by atoms with Gasteiger partial charge in [-0.15, -0.1) is 0 Å². The molecule has 3 rings (SSSR count). The highest BCUT2D eigenvalue weighted by atomic mass is 16.3. The summed E-state index contributed by atoms with van der Waals surface area (Å²) in [4.78, 5) is 7.23. The van der Waals surface area contributed by atoms with Gasteiger partial charge in [0, 0.05) is 38.6 Å². The molecule has 1 atom stereocenters.